The standard InChI is InChI=1S/C8H8N2O5S/c9-3-5(11)10-4(8(14)15)2(7(12)13)1-16-6(3)10/h3,6H,1,9H2,(H,12,13)(H,14,15)/t3?,6-/m0/s1. The molecule has 1 unspecified atom stereocenters. The molecule has 0 bridgehead atoms. The number of carboxylic acids is 2. The Morgan fingerprint density at radius 2 is 2.00 bits per heavy atom. The number of rotatable bonds is 2. The van der Waals surface area contributed by atoms with E-state index in [0.29, 0.717) is 0 Å². The Labute approximate surface area is 93.9 Å². The number of aliphatic carboxylic acids is 2. The maximum absolute atomic E-state index is 11.4. The van der Waals surface area contributed by atoms with Crippen LogP contribution in [0.2, 0.25) is 0 Å². The number of hydrogen-bond acceptors (Lipinski definition) is 5. The van der Waals surface area contributed by atoms with Crippen molar-refractivity contribution in [2.24, 2.45) is 5.73 Å². The zero-order chi connectivity index (χ0) is 12.0. The van der Waals surface area contributed by atoms with Gasteiger partial charge in [-0.2, -0.15) is 0 Å². The predicted molar refractivity (Wildman–Crippen MR) is 53.4 cm³/mol. The summed E-state index contributed by atoms with van der Waals surface area (Å²) in [4.78, 5) is 34.1. The average Bonchev–Trinajstić information content (AvgIpc) is 2.25. The summed E-state index contributed by atoms with van der Waals surface area (Å²) >= 11 is 1.16. The number of carboxylic acid groups (broad SMARTS) is 2. The topological polar surface area (TPSA) is 121 Å². The number of nitrogens with zero attached hydrogens (tertiary/aromatic N) is 1. The first-order valence-electron chi connectivity index (χ1n) is 4.35. The lowest BCUT2D eigenvalue weighted by Crippen LogP contribution is -2.68. The molecule has 1 amide bonds. The van der Waals surface area contributed by atoms with E-state index in [-0.39, 0.29) is 11.3 Å². The minimum Gasteiger partial charge on any atom is -0.478 e. The van der Waals surface area contributed by atoms with Crippen molar-refractivity contribution in [2.75, 3.05) is 5.75 Å². The molecule has 1 saturated heterocycles. The lowest BCUT2D eigenvalue weighted by molar-refractivity contribution is -0.148. The van der Waals surface area contributed by atoms with Crippen molar-refractivity contribution >= 4 is 29.6 Å². The molecular weight excluding hydrogens is 236 g/mol. The smallest absolute Gasteiger partial charge is 0.353 e. The van der Waals surface area contributed by atoms with Crippen molar-refractivity contribution in [3.63, 3.8) is 0 Å². The molecule has 16 heavy (non-hydrogen) atoms. The summed E-state index contributed by atoms with van der Waals surface area (Å²) in [5.74, 6) is -3.24. The molecule has 86 valence electrons. The molecule has 8 heteroatoms. The molecule has 0 radical (unpaired) electrons. The van der Waals surface area contributed by atoms with Crippen LogP contribution in [-0.4, -0.2) is 50.1 Å². The van der Waals surface area contributed by atoms with Crippen molar-refractivity contribution in [1.29, 1.82) is 0 Å². The first kappa shape index (κ1) is 11.0. The fraction of sp³-hybridized carbons (Fsp3) is 0.375. The van der Waals surface area contributed by atoms with Gasteiger partial charge in [-0.15, -0.1) is 11.8 Å². The molecule has 0 aromatic rings. The molecule has 0 aliphatic carbocycles. The van der Waals surface area contributed by atoms with E-state index in [9.17, 15) is 14.4 Å². The van der Waals surface area contributed by atoms with Gasteiger partial charge in [0, 0.05) is 5.75 Å². The Morgan fingerprint density at radius 1 is 1.38 bits per heavy atom. The van der Waals surface area contributed by atoms with Crippen LogP contribution in [0.25, 0.3) is 0 Å². The van der Waals surface area contributed by atoms with Gasteiger partial charge in [0.2, 0.25) is 5.91 Å². The molecule has 1 fully saturated rings. The van der Waals surface area contributed by atoms with E-state index in [0.717, 1.165) is 16.7 Å². The van der Waals surface area contributed by atoms with Crippen LogP contribution in [0.1, 0.15) is 0 Å². The summed E-state index contributed by atoms with van der Waals surface area (Å²) in [6.45, 7) is 0. The maximum atomic E-state index is 11.4. The highest BCUT2D eigenvalue weighted by Gasteiger charge is 2.52. The first-order valence-corrected chi connectivity index (χ1v) is 5.40. The van der Waals surface area contributed by atoms with Crippen molar-refractivity contribution in [2.45, 2.75) is 11.4 Å². The van der Waals surface area contributed by atoms with Gasteiger partial charge < -0.3 is 15.9 Å². The van der Waals surface area contributed by atoms with Crippen LogP contribution < -0.4 is 5.73 Å². The molecule has 4 N–H and O–H groups in total. The number of β-lactam (4-membered cyclic amide) rings is 1. The molecule has 0 saturated carbocycles. The third-order valence-corrected chi connectivity index (χ3v) is 3.77. The molecule has 7 nitrogen and oxygen atoms in total. The van der Waals surface area contributed by atoms with Crippen LogP contribution in [0.3, 0.4) is 0 Å². The number of hydrogen-bond donors (Lipinski definition) is 3. The molecule has 0 aromatic carbocycles. The lowest BCUT2D eigenvalue weighted by Gasteiger charge is -2.47. The number of nitrogens with two attached hydrogens (primary N) is 1. The van der Waals surface area contributed by atoms with Crippen molar-refractivity contribution in [3.8, 4) is 0 Å². The number of amides is 1. The average molecular weight is 244 g/mol. The molecule has 2 aliphatic rings. The van der Waals surface area contributed by atoms with Gasteiger partial charge in [-0.25, -0.2) is 9.59 Å². The fourth-order valence-electron chi connectivity index (χ4n) is 1.68. The zero-order valence-corrected chi connectivity index (χ0v) is 8.73. The summed E-state index contributed by atoms with van der Waals surface area (Å²) < 4.78 is 0. The Balaban J connectivity index is 2.46. The minimum absolute atomic E-state index is 0.0408. The van der Waals surface area contributed by atoms with Crippen molar-refractivity contribution < 1.29 is 24.6 Å². The van der Waals surface area contributed by atoms with Crippen molar-refractivity contribution in [1.82, 2.24) is 4.90 Å². The van der Waals surface area contributed by atoms with Crippen LogP contribution >= 0.6 is 11.8 Å². The van der Waals surface area contributed by atoms with Crippen molar-refractivity contribution in [3.05, 3.63) is 11.3 Å². The third-order valence-electron chi connectivity index (χ3n) is 2.47. The fourth-order valence-corrected chi connectivity index (χ4v) is 2.96. The van der Waals surface area contributed by atoms with Crippen LogP contribution in [0.15, 0.2) is 11.3 Å². The number of carbonyl (C=O) groups excluding carboxylic acids is 1. The monoisotopic (exact) mass is 244 g/mol. The molecule has 0 spiro atoms. The van der Waals surface area contributed by atoms with E-state index in [4.69, 9.17) is 15.9 Å². The second-order valence-corrected chi connectivity index (χ2v) is 4.48. The van der Waals surface area contributed by atoms with Crippen LogP contribution in [-0.2, 0) is 14.4 Å². The Hall–Kier alpha value is -1.54. The van der Waals surface area contributed by atoms with Gasteiger partial charge in [0.25, 0.3) is 0 Å². The van der Waals surface area contributed by atoms with Gasteiger partial charge in [0.1, 0.15) is 17.1 Å². The highest BCUT2D eigenvalue weighted by Crippen LogP contribution is 2.39. The highest BCUT2D eigenvalue weighted by molar-refractivity contribution is 8.00. The van der Waals surface area contributed by atoms with E-state index in [2.05, 4.69) is 0 Å². The summed E-state index contributed by atoms with van der Waals surface area (Å²) in [7, 11) is 0. The SMILES string of the molecule is NC1C(=O)N2C(C(=O)O)=C(C(=O)O)CS[C@@H]12. The van der Waals surface area contributed by atoms with Gasteiger partial charge in [-0.1, -0.05) is 0 Å². The van der Waals surface area contributed by atoms with E-state index >= 15 is 0 Å². The van der Waals surface area contributed by atoms with E-state index in [1.807, 2.05) is 0 Å². The van der Waals surface area contributed by atoms with Gasteiger partial charge in [-0.05, 0) is 0 Å². The van der Waals surface area contributed by atoms with Crippen LogP contribution in [0, 0.1) is 0 Å². The second-order valence-electron chi connectivity index (χ2n) is 3.37. The molecular formula is C8H8N2O5S. The van der Waals surface area contributed by atoms with Crippen LogP contribution in [0.5, 0.6) is 0 Å². The van der Waals surface area contributed by atoms with E-state index < -0.39 is 35.0 Å². The summed E-state index contributed by atoms with van der Waals surface area (Å²) in [6, 6.07) is -0.741. The Kier molecular flexibility index (Phi) is 2.39. The number of carbonyl (C=O) groups is 3. The lowest BCUT2D eigenvalue weighted by atomic mass is 10.0. The van der Waals surface area contributed by atoms with E-state index in [1.54, 1.807) is 0 Å². The molecule has 0 aromatic heterocycles. The number of thioether (sulfide) groups is 1. The molecule has 2 aliphatic heterocycles. The molecule has 2 rings (SSSR count). The largest absolute Gasteiger partial charge is 0.478 e. The summed E-state index contributed by atoms with van der Waals surface area (Å²) in [6.07, 6.45) is 0. The third kappa shape index (κ3) is 1.30. The quantitative estimate of drug-likeness (QED) is 0.513. The predicted octanol–water partition coefficient (Wildman–Crippen LogP) is -1.35. The maximum Gasteiger partial charge on any atom is 0.353 e. The van der Waals surface area contributed by atoms with Gasteiger partial charge in [0.15, 0.2) is 0 Å². The normalized spacial score (nSPS) is 28.6. The van der Waals surface area contributed by atoms with E-state index in [1.165, 1.54) is 0 Å². The molecule has 2 atom stereocenters. The molecule has 2 heterocycles. The zero-order valence-electron chi connectivity index (χ0n) is 7.91. The van der Waals surface area contributed by atoms with Gasteiger partial charge in [0.05, 0.1) is 5.57 Å². The summed E-state index contributed by atoms with van der Waals surface area (Å²) in [5.41, 5.74) is 4.76. The van der Waals surface area contributed by atoms with Gasteiger partial charge >= 0.3 is 11.9 Å². The Morgan fingerprint density at radius 3 is 2.50 bits per heavy atom. The first-order chi connectivity index (χ1) is 7.45. The van der Waals surface area contributed by atoms with Gasteiger partial charge in [-0.3, -0.25) is 9.69 Å². The van der Waals surface area contributed by atoms with Crippen LogP contribution in [0.4, 0.5) is 0 Å². The Bertz CT molecular complexity index is 432. The second kappa shape index (κ2) is 3.49. The number of fused-ring (bicyclic) bond motifs is 1. The summed E-state index contributed by atoms with van der Waals surface area (Å²) in [5, 5.41) is 17.3. The highest BCUT2D eigenvalue weighted by atomic mass is 32.2. The minimum atomic E-state index is -1.41.